The molecule has 1 heterocycles. The van der Waals surface area contributed by atoms with Crippen LogP contribution < -0.4 is 5.32 Å². The van der Waals surface area contributed by atoms with E-state index in [1.54, 1.807) is 0 Å². The van der Waals surface area contributed by atoms with Crippen LogP contribution in [0.15, 0.2) is 5.16 Å². The Kier molecular flexibility index (Phi) is 7.65. The zero-order chi connectivity index (χ0) is 15.0. The van der Waals surface area contributed by atoms with E-state index >= 15 is 0 Å². The highest BCUT2D eigenvalue weighted by Crippen LogP contribution is 2.12. The monoisotopic (exact) mass is 298 g/mol. The maximum Gasteiger partial charge on any atom is 0.230 e. The van der Waals surface area contributed by atoms with Crippen LogP contribution in [0.3, 0.4) is 0 Å². The summed E-state index contributed by atoms with van der Waals surface area (Å²) >= 11 is 1.37. The van der Waals surface area contributed by atoms with Gasteiger partial charge in [0.25, 0.3) is 0 Å². The number of carbonyl (C=O) groups excluding carboxylic acids is 1. The summed E-state index contributed by atoms with van der Waals surface area (Å²) in [7, 11) is 0. The minimum absolute atomic E-state index is 0.0508. The third kappa shape index (κ3) is 6.93. The number of aromatic nitrogens is 3. The van der Waals surface area contributed by atoms with Crippen molar-refractivity contribution in [3.8, 4) is 0 Å². The quantitative estimate of drug-likeness (QED) is 0.688. The number of aromatic amines is 1. The van der Waals surface area contributed by atoms with E-state index in [2.05, 4.69) is 41.3 Å². The molecule has 5 nitrogen and oxygen atoms in total. The van der Waals surface area contributed by atoms with Crippen molar-refractivity contribution in [2.75, 3.05) is 5.75 Å². The standard InChI is InChI=1S/C14H26N4OS/c1-5-12-16-14(18-17-12)20-9-13(19)15-11(4)8-6-7-10(2)3/h10-11H,5-9H2,1-4H3,(H,15,19)(H,16,17,18). The molecule has 0 radical (unpaired) electrons. The number of rotatable bonds is 9. The van der Waals surface area contributed by atoms with Gasteiger partial charge in [0.05, 0.1) is 5.75 Å². The van der Waals surface area contributed by atoms with Crippen molar-refractivity contribution < 1.29 is 4.79 Å². The molecule has 0 aliphatic carbocycles. The first kappa shape index (κ1) is 17.0. The normalized spacial score (nSPS) is 12.7. The number of nitrogens with one attached hydrogen (secondary N) is 2. The van der Waals surface area contributed by atoms with Crippen LogP contribution in [0.2, 0.25) is 0 Å². The minimum Gasteiger partial charge on any atom is -0.353 e. The maximum absolute atomic E-state index is 11.8. The van der Waals surface area contributed by atoms with Crippen molar-refractivity contribution in [3.05, 3.63) is 5.82 Å². The van der Waals surface area contributed by atoms with Crippen molar-refractivity contribution in [1.82, 2.24) is 20.5 Å². The Hall–Kier alpha value is -1.04. The molecule has 1 rings (SSSR count). The number of aryl methyl sites for hydroxylation is 1. The van der Waals surface area contributed by atoms with Crippen LogP contribution in [0, 0.1) is 5.92 Å². The van der Waals surface area contributed by atoms with Gasteiger partial charge < -0.3 is 5.32 Å². The van der Waals surface area contributed by atoms with Crippen LogP contribution in [0.1, 0.15) is 52.8 Å². The van der Waals surface area contributed by atoms with Crippen LogP contribution in [-0.4, -0.2) is 32.9 Å². The summed E-state index contributed by atoms with van der Waals surface area (Å²) in [4.78, 5) is 16.1. The number of amides is 1. The highest BCUT2D eigenvalue weighted by molar-refractivity contribution is 7.99. The molecule has 2 N–H and O–H groups in total. The number of hydrogen-bond acceptors (Lipinski definition) is 4. The summed E-state index contributed by atoms with van der Waals surface area (Å²) < 4.78 is 0. The van der Waals surface area contributed by atoms with Crippen LogP contribution in [0.4, 0.5) is 0 Å². The maximum atomic E-state index is 11.8. The van der Waals surface area contributed by atoms with Crippen LogP contribution in [-0.2, 0) is 11.2 Å². The van der Waals surface area contributed by atoms with Crippen molar-refractivity contribution in [2.24, 2.45) is 5.92 Å². The Morgan fingerprint density at radius 2 is 2.10 bits per heavy atom. The molecule has 0 aromatic carbocycles. The Bertz CT molecular complexity index is 406. The molecule has 1 unspecified atom stereocenters. The second kappa shape index (κ2) is 9.00. The molecule has 114 valence electrons. The van der Waals surface area contributed by atoms with Gasteiger partial charge >= 0.3 is 0 Å². The lowest BCUT2D eigenvalue weighted by molar-refractivity contribution is -0.119. The molecule has 1 atom stereocenters. The summed E-state index contributed by atoms with van der Waals surface area (Å²) in [5, 5.41) is 10.6. The molecular weight excluding hydrogens is 272 g/mol. The van der Waals surface area contributed by atoms with E-state index in [4.69, 9.17) is 0 Å². The molecule has 0 aliphatic rings. The number of thioether (sulfide) groups is 1. The lowest BCUT2D eigenvalue weighted by Gasteiger charge is -2.14. The van der Waals surface area contributed by atoms with Gasteiger partial charge in [0.2, 0.25) is 11.1 Å². The highest BCUT2D eigenvalue weighted by Gasteiger charge is 2.10. The van der Waals surface area contributed by atoms with Crippen LogP contribution in [0.5, 0.6) is 0 Å². The Labute approximate surface area is 125 Å². The molecule has 1 aromatic rings. The summed E-state index contributed by atoms with van der Waals surface area (Å²) in [5.41, 5.74) is 0. The first-order valence-electron chi connectivity index (χ1n) is 7.34. The van der Waals surface area contributed by atoms with E-state index in [1.807, 2.05) is 6.92 Å². The molecule has 6 heteroatoms. The lowest BCUT2D eigenvalue weighted by atomic mass is 10.0. The van der Waals surface area contributed by atoms with Crippen molar-refractivity contribution in [1.29, 1.82) is 0 Å². The van der Waals surface area contributed by atoms with E-state index in [1.165, 1.54) is 18.2 Å². The van der Waals surface area contributed by atoms with E-state index in [-0.39, 0.29) is 11.9 Å². The summed E-state index contributed by atoms with van der Waals surface area (Å²) in [5.74, 6) is 2.01. The van der Waals surface area contributed by atoms with Gasteiger partial charge in [0.1, 0.15) is 5.82 Å². The zero-order valence-electron chi connectivity index (χ0n) is 12.9. The molecule has 0 aliphatic heterocycles. The second-order valence-corrected chi connectivity index (χ2v) is 6.44. The van der Waals surface area contributed by atoms with Crippen LogP contribution in [0.25, 0.3) is 0 Å². The average Bonchev–Trinajstić information content (AvgIpc) is 2.83. The molecule has 1 amide bonds. The third-order valence-electron chi connectivity index (χ3n) is 3.00. The molecule has 20 heavy (non-hydrogen) atoms. The lowest BCUT2D eigenvalue weighted by Crippen LogP contribution is -2.33. The Balaban J connectivity index is 2.19. The van der Waals surface area contributed by atoms with E-state index in [0.29, 0.717) is 10.9 Å². The smallest absolute Gasteiger partial charge is 0.230 e. The number of hydrogen-bond donors (Lipinski definition) is 2. The van der Waals surface area contributed by atoms with Gasteiger partial charge in [-0.25, -0.2) is 4.98 Å². The number of nitrogens with zero attached hydrogens (tertiary/aromatic N) is 2. The molecular formula is C14H26N4OS. The van der Waals surface area contributed by atoms with Crippen molar-refractivity contribution in [2.45, 2.75) is 64.6 Å². The molecule has 1 aromatic heterocycles. The average molecular weight is 298 g/mol. The predicted molar refractivity (Wildman–Crippen MR) is 82.8 cm³/mol. The SMILES string of the molecule is CCc1nc(SCC(=O)NC(C)CCCC(C)C)n[nH]1. The molecule has 0 fully saturated rings. The van der Waals surface area contributed by atoms with E-state index < -0.39 is 0 Å². The van der Waals surface area contributed by atoms with Crippen molar-refractivity contribution in [3.63, 3.8) is 0 Å². The van der Waals surface area contributed by atoms with E-state index in [9.17, 15) is 4.79 Å². The van der Waals surface area contributed by atoms with Gasteiger partial charge in [-0.05, 0) is 19.3 Å². The number of H-pyrrole nitrogens is 1. The summed E-state index contributed by atoms with van der Waals surface area (Å²) in [6, 6.07) is 0.236. The zero-order valence-corrected chi connectivity index (χ0v) is 13.7. The van der Waals surface area contributed by atoms with E-state index in [0.717, 1.165) is 31.0 Å². The highest BCUT2D eigenvalue weighted by atomic mass is 32.2. The molecule has 0 bridgehead atoms. The van der Waals surface area contributed by atoms with Gasteiger partial charge in [-0.15, -0.1) is 5.10 Å². The van der Waals surface area contributed by atoms with Gasteiger partial charge in [0, 0.05) is 12.5 Å². The first-order chi connectivity index (χ1) is 9.51. The molecule has 0 spiro atoms. The van der Waals surface area contributed by atoms with Crippen LogP contribution >= 0.6 is 11.8 Å². The minimum atomic E-state index is 0.0508. The number of carbonyl (C=O) groups is 1. The topological polar surface area (TPSA) is 70.7 Å². The predicted octanol–water partition coefficient (Wildman–Crippen LogP) is 2.79. The van der Waals surface area contributed by atoms with Crippen molar-refractivity contribution >= 4 is 17.7 Å². The summed E-state index contributed by atoms with van der Waals surface area (Å²) in [6.07, 6.45) is 4.24. The first-order valence-corrected chi connectivity index (χ1v) is 8.33. The Morgan fingerprint density at radius 3 is 2.70 bits per heavy atom. The van der Waals surface area contributed by atoms with Gasteiger partial charge in [-0.1, -0.05) is 45.4 Å². The van der Waals surface area contributed by atoms with Gasteiger partial charge in [-0.3, -0.25) is 9.89 Å². The summed E-state index contributed by atoms with van der Waals surface area (Å²) in [6.45, 7) is 8.52. The largest absolute Gasteiger partial charge is 0.353 e. The second-order valence-electron chi connectivity index (χ2n) is 5.50. The fourth-order valence-corrected chi connectivity index (χ4v) is 2.48. The fraction of sp³-hybridized carbons (Fsp3) is 0.786. The third-order valence-corrected chi connectivity index (χ3v) is 3.85. The Morgan fingerprint density at radius 1 is 1.35 bits per heavy atom. The van der Waals surface area contributed by atoms with Gasteiger partial charge in [0.15, 0.2) is 0 Å². The van der Waals surface area contributed by atoms with Gasteiger partial charge in [-0.2, -0.15) is 0 Å². The molecule has 0 saturated heterocycles. The molecule has 0 saturated carbocycles. The fourth-order valence-electron chi connectivity index (χ4n) is 1.85.